The van der Waals surface area contributed by atoms with Crippen molar-refractivity contribution in [2.75, 3.05) is 0 Å². The van der Waals surface area contributed by atoms with Gasteiger partial charge in [-0.3, -0.25) is 10.1 Å². The minimum atomic E-state index is -0.858. The van der Waals surface area contributed by atoms with Crippen molar-refractivity contribution in [3.8, 4) is 0 Å². The molecule has 6 nitrogen and oxygen atoms in total. The van der Waals surface area contributed by atoms with Gasteiger partial charge in [-0.1, -0.05) is 28.9 Å². The normalized spacial score (nSPS) is 12.8. The Balaban J connectivity index is 3.04. The number of rotatable bonds is 5. The van der Waals surface area contributed by atoms with Gasteiger partial charge in [-0.25, -0.2) is 4.79 Å². The van der Waals surface area contributed by atoms with E-state index in [9.17, 15) is 14.9 Å². The Labute approximate surface area is 125 Å². The van der Waals surface area contributed by atoms with Crippen molar-refractivity contribution in [2.24, 2.45) is 11.7 Å². The molecule has 0 aliphatic heterocycles. The lowest BCUT2D eigenvalue weighted by Gasteiger charge is -2.31. The molecule has 1 aromatic rings. The van der Waals surface area contributed by atoms with Crippen LogP contribution in [0.2, 0.25) is 0 Å². The summed E-state index contributed by atoms with van der Waals surface area (Å²) in [7, 11) is 0. The van der Waals surface area contributed by atoms with Crippen molar-refractivity contribution in [1.29, 1.82) is 0 Å². The third kappa shape index (κ3) is 3.93. The second kappa shape index (κ2) is 6.21. The first kappa shape index (κ1) is 16.4. The lowest BCUT2D eigenvalue weighted by molar-refractivity contribution is -0.385. The molecular weight excluding hydrogens is 328 g/mol. The van der Waals surface area contributed by atoms with Crippen LogP contribution < -0.4 is 5.73 Å². The highest BCUT2D eigenvalue weighted by Gasteiger charge is 2.31. The van der Waals surface area contributed by atoms with E-state index in [1.807, 2.05) is 6.92 Å². The van der Waals surface area contributed by atoms with Gasteiger partial charge in [0.1, 0.15) is 5.60 Å². The molecule has 0 saturated heterocycles. The molecule has 0 aliphatic rings. The number of hydrogen-bond donors (Lipinski definition) is 1. The second-order valence-corrected chi connectivity index (χ2v) is 5.98. The molecule has 0 saturated carbocycles. The van der Waals surface area contributed by atoms with E-state index in [0.717, 1.165) is 0 Å². The molecule has 20 heavy (non-hydrogen) atoms. The number of nitro groups is 1. The summed E-state index contributed by atoms with van der Waals surface area (Å²) in [6.07, 6.45) is -0.471. The number of primary amides is 1. The van der Waals surface area contributed by atoms with Gasteiger partial charge in [0.25, 0.3) is 5.69 Å². The van der Waals surface area contributed by atoms with E-state index in [1.54, 1.807) is 26.0 Å². The standard InChI is InChI=1S/C13H17BrN2O4/c1-8(13(2,3)20-12(15)17)7-9-10(14)5-4-6-11(9)16(18)19/h4-6,8H,7H2,1-3H3,(H2,15,17). The molecule has 1 aromatic carbocycles. The molecule has 1 amide bonds. The van der Waals surface area contributed by atoms with E-state index in [1.165, 1.54) is 6.07 Å². The SMILES string of the molecule is CC(Cc1c(Br)cccc1[N+](=O)[O-])C(C)(C)OC(N)=O. The highest BCUT2D eigenvalue weighted by atomic mass is 79.9. The molecule has 0 fully saturated rings. The van der Waals surface area contributed by atoms with Crippen molar-refractivity contribution >= 4 is 27.7 Å². The summed E-state index contributed by atoms with van der Waals surface area (Å²) in [4.78, 5) is 21.5. The fourth-order valence-electron chi connectivity index (χ4n) is 1.83. The number of amides is 1. The molecule has 2 N–H and O–H groups in total. The van der Waals surface area contributed by atoms with Crippen LogP contribution in [0.3, 0.4) is 0 Å². The summed E-state index contributed by atoms with van der Waals surface area (Å²) in [5.74, 6) is -0.146. The minimum absolute atomic E-state index is 0.0427. The van der Waals surface area contributed by atoms with Crippen LogP contribution in [0.5, 0.6) is 0 Å². The summed E-state index contributed by atoms with van der Waals surface area (Å²) >= 11 is 3.32. The highest BCUT2D eigenvalue weighted by Crippen LogP contribution is 2.33. The molecule has 1 atom stereocenters. The largest absolute Gasteiger partial charge is 0.443 e. The molecule has 0 aliphatic carbocycles. The van der Waals surface area contributed by atoms with E-state index in [4.69, 9.17) is 10.5 Å². The first-order chi connectivity index (χ1) is 9.15. The predicted molar refractivity (Wildman–Crippen MR) is 78.4 cm³/mol. The molecule has 7 heteroatoms. The number of halogens is 1. The summed E-state index contributed by atoms with van der Waals surface area (Å²) in [5, 5.41) is 11.1. The smallest absolute Gasteiger partial charge is 0.405 e. The maximum atomic E-state index is 11.1. The van der Waals surface area contributed by atoms with Crippen molar-refractivity contribution < 1.29 is 14.5 Å². The second-order valence-electron chi connectivity index (χ2n) is 5.12. The van der Waals surface area contributed by atoms with Crippen LogP contribution in [-0.2, 0) is 11.2 Å². The number of carbonyl (C=O) groups excluding carboxylic acids is 1. The number of benzene rings is 1. The van der Waals surface area contributed by atoms with Crippen LogP contribution in [-0.4, -0.2) is 16.6 Å². The van der Waals surface area contributed by atoms with Crippen molar-refractivity contribution in [1.82, 2.24) is 0 Å². The van der Waals surface area contributed by atoms with E-state index < -0.39 is 16.6 Å². The van der Waals surface area contributed by atoms with Gasteiger partial charge in [-0.2, -0.15) is 0 Å². The summed E-state index contributed by atoms with van der Waals surface area (Å²) in [6, 6.07) is 4.81. The van der Waals surface area contributed by atoms with Gasteiger partial charge in [-0.05, 0) is 32.3 Å². The molecule has 0 radical (unpaired) electrons. The number of ether oxygens (including phenoxy) is 1. The van der Waals surface area contributed by atoms with E-state index >= 15 is 0 Å². The summed E-state index contributed by atoms with van der Waals surface area (Å²) in [5.41, 5.74) is 4.85. The number of nitro benzene ring substituents is 1. The van der Waals surface area contributed by atoms with Crippen molar-refractivity contribution in [3.05, 3.63) is 38.3 Å². The van der Waals surface area contributed by atoms with Crippen molar-refractivity contribution in [2.45, 2.75) is 32.8 Å². The van der Waals surface area contributed by atoms with Crippen LogP contribution in [0, 0.1) is 16.0 Å². The van der Waals surface area contributed by atoms with Crippen LogP contribution >= 0.6 is 15.9 Å². The molecule has 1 unspecified atom stereocenters. The lowest BCUT2D eigenvalue weighted by atomic mass is 9.86. The number of nitrogens with two attached hydrogens (primary N) is 1. The lowest BCUT2D eigenvalue weighted by Crippen LogP contribution is -2.38. The number of hydrogen-bond acceptors (Lipinski definition) is 4. The summed E-state index contributed by atoms with van der Waals surface area (Å²) < 4.78 is 5.73. The minimum Gasteiger partial charge on any atom is -0.443 e. The fourth-order valence-corrected chi connectivity index (χ4v) is 2.35. The Hall–Kier alpha value is -1.63. The maximum absolute atomic E-state index is 11.1. The third-order valence-corrected chi connectivity index (χ3v) is 4.09. The zero-order valence-electron chi connectivity index (χ0n) is 11.6. The third-order valence-electron chi connectivity index (χ3n) is 3.35. The van der Waals surface area contributed by atoms with Gasteiger partial charge in [0.15, 0.2) is 0 Å². The van der Waals surface area contributed by atoms with Gasteiger partial charge < -0.3 is 10.5 Å². The average Bonchev–Trinajstić information content (AvgIpc) is 2.29. The van der Waals surface area contributed by atoms with E-state index in [-0.39, 0.29) is 11.6 Å². The Morgan fingerprint density at radius 1 is 1.55 bits per heavy atom. The van der Waals surface area contributed by atoms with Gasteiger partial charge in [0.2, 0.25) is 0 Å². The molecule has 0 heterocycles. The molecule has 110 valence electrons. The van der Waals surface area contributed by atoms with E-state index in [0.29, 0.717) is 16.5 Å². The van der Waals surface area contributed by atoms with Crippen molar-refractivity contribution in [3.63, 3.8) is 0 Å². The number of carbonyl (C=O) groups is 1. The quantitative estimate of drug-likeness (QED) is 0.653. The van der Waals surface area contributed by atoms with Gasteiger partial charge in [0.05, 0.1) is 4.92 Å². The molecule has 0 aromatic heterocycles. The van der Waals surface area contributed by atoms with Gasteiger partial charge >= 0.3 is 6.09 Å². The summed E-state index contributed by atoms with van der Waals surface area (Å²) in [6.45, 7) is 5.31. The van der Waals surface area contributed by atoms with Crippen LogP contribution in [0.25, 0.3) is 0 Å². The zero-order valence-corrected chi connectivity index (χ0v) is 13.1. The fraction of sp³-hybridized carbons (Fsp3) is 0.462. The Morgan fingerprint density at radius 3 is 2.65 bits per heavy atom. The molecule has 0 bridgehead atoms. The predicted octanol–water partition coefficient (Wildman–Crippen LogP) is 3.41. The average molecular weight is 345 g/mol. The van der Waals surface area contributed by atoms with Crippen LogP contribution in [0.15, 0.2) is 22.7 Å². The topological polar surface area (TPSA) is 95.5 Å². The molecule has 1 rings (SSSR count). The van der Waals surface area contributed by atoms with Crippen LogP contribution in [0.1, 0.15) is 26.3 Å². The maximum Gasteiger partial charge on any atom is 0.405 e. The number of nitrogens with zero attached hydrogens (tertiary/aromatic N) is 1. The van der Waals surface area contributed by atoms with Gasteiger partial charge in [0, 0.05) is 16.1 Å². The van der Waals surface area contributed by atoms with Crippen LogP contribution in [0.4, 0.5) is 10.5 Å². The molecule has 0 spiro atoms. The first-order valence-corrected chi connectivity index (χ1v) is 6.84. The Morgan fingerprint density at radius 2 is 2.15 bits per heavy atom. The monoisotopic (exact) mass is 344 g/mol. The molecular formula is C13H17BrN2O4. The Bertz CT molecular complexity index is 531. The van der Waals surface area contributed by atoms with E-state index in [2.05, 4.69) is 15.9 Å². The first-order valence-electron chi connectivity index (χ1n) is 6.05. The highest BCUT2D eigenvalue weighted by molar-refractivity contribution is 9.10. The Kier molecular flexibility index (Phi) is 5.10. The zero-order chi connectivity index (χ0) is 15.5. The van der Waals surface area contributed by atoms with Gasteiger partial charge in [-0.15, -0.1) is 0 Å².